The Kier molecular flexibility index (Phi) is 5.58. The molecule has 26 heavy (non-hydrogen) atoms. The lowest BCUT2D eigenvalue weighted by molar-refractivity contribution is -0.118. The van der Waals surface area contributed by atoms with Crippen molar-refractivity contribution in [3.8, 4) is 0 Å². The van der Waals surface area contributed by atoms with E-state index < -0.39 is 0 Å². The first-order chi connectivity index (χ1) is 12.4. The van der Waals surface area contributed by atoms with Crippen LogP contribution in [0.25, 0.3) is 0 Å². The average Bonchev–Trinajstić information content (AvgIpc) is 2.60. The van der Waals surface area contributed by atoms with Gasteiger partial charge in [-0.25, -0.2) is 9.97 Å². The van der Waals surface area contributed by atoms with E-state index in [1.54, 1.807) is 36.1 Å². The number of aryl methyl sites for hydroxylation is 1. The lowest BCUT2D eigenvalue weighted by atomic mass is 10.2. The fraction of sp³-hybridized carbons (Fsp3) is 0.294. The Labute approximate surface area is 160 Å². The van der Waals surface area contributed by atoms with Crippen LogP contribution in [0.2, 0.25) is 10.0 Å². The highest BCUT2D eigenvalue weighted by Crippen LogP contribution is 2.23. The van der Waals surface area contributed by atoms with Crippen LogP contribution in [0.4, 0.5) is 11.5 Å². The fourth-order valence-corrected chi connectivity index (χ4v) is 3.23. The smallest absolute Gasteiger partial charge is 0.274 e. The summed E-state index contributed by atoms with van der Waals surface area (Å²) in [6.45, 7) is 4.28. The number of carbonyl (C=O) groups is 2. The number of hydrogen-bond acceptors (Lipinski definition) is 5. The molecule has 2 aromatic rings. The standard InChI is InChI=1S/C17H17Cl2N5O2/c1-11-20-15(17(26)22-14-7-12(18)6-13(19)8-14)9-16(21-11)24-4-2-23(10-25)3-5-24/h6-10H,2-5H2,1H3,(H,22,26). The summed E-state index contributed by atoms with van der Waals surface area (Å²) in [6, 6.07) is 6.45. The van der Waals surface area contributed by atoms with E-state index in [0.29, 0.717) is 53.6 Å². The Morgan fingerprint density at radius 3 is 2.35 bits per heavy atom. The highest BCUT2D eigenvalue weighted by molar-refractivity contribution is 6.35. The Hall–Kier alpha value is -2.38. The fourth-order valence-electron chi connectivity index (χ4n) is 2.71. The lowest BCUT2D eigenvalue weighted by Gasteiger charge is -2.33. The quantitative estimate of drug-likeness (QED) is 0.807. The monoisotopic (exact) mass is 393 g/mol. The molecule has 1 N–H and O–H groups in total. The van der Waals surface area contributed by atoms with Crippen LogP contribution in [-0.2, 0) is 4.79 Å². The number of aromatic nitrogens is 2. The summed E-state index contributed by atoms with van der Waals surface area (Å²) in [7, 11) is 0. The molecule has 7 nitrogen and oxygen atoms in total. The largest absolute Gasteiger partial charge is 0.353 e. The molecule has 2 amide bonds. The molecule has 1 fully saturated rings. The third kappa shape index (κ3) is 4.42. The first-order valence-corrected chi connectivity index (χ1v) is 8.77. The van der Waals surface area contributed by atoms with Gasteiger partial charge in [-0.3, -0.25) is 9.59 Å². The van der Waals surface area contributed by atoms with E-state index in [4.69, 9.17) is 23.2 Å². The summed E-state index contributed by atoms with van der Waals surface area (Å²) in [5, 5.41) is 3.60. The maximum atomic E-state index is 12.6. The first-order valence-electron chi connectivity index (χ1n) is 8.02. The second-order valence-electron chi connectivity index (χ2n) is 5.90. The number of piperazine rings is 1. The molecular weight excluding hydrogens is 377 g/mol. The van der Waals surface area contributed by atoms with Gasteiger partial charge in [0.25, 0.3) is 5.91 Å². The molecule has 0 aliphatic carbocycles. The summed E-state index contributed by atoms with van der Waals surface area (Å²) in [5.74, 6) is 0.786. The molecule has 136 valence electrons. The summed E-state index contributed by atoms with van der Waals surface area (Å²) in [6.07, 6.45) is 0.845. The van der Waals surface area contributed by atoms with Crippen molar-refractivity contribution in [2.75, 3.05) is 36.4 Å². The van der Waals surface area contributed by atoms with Gasteiger partial charge in [-0.15, -0.1) is 0 Å². The first kappa shape index (κ1) is 18.4. The maximum absolute atomic E-state index is 12.6. The predicted molar refractivity (Wildman–Crippen MR) is 101 cm³/mol. The van der Waals surface area contributed by atoms with Crippen LogP contribution in [0.1, 0.15) is 16.3 Å². The predicted octanol–water partition coefficient (Wildman–Crippen LogP) is 2.62. The number of halogens is 2. The highest BCUT2D eigenvalue weighted by atomic mass is 35.5. The summed E-state index contributed by atoms with van der Waals surface area (Å²) in [5.41, 5.74) is 0.742. The van der Waals surface area contributed by atoms with Gasteiger partial charge in [-0.2, -0.15) is 0 Å². The van der Waals surface area contributed by atoms with Gasteiger partial charge in [0, 0.05) is 48.0 Å². The molecule has 0 saturated carbocycles. The number of carbonyl (C=O) groups excluding carboxylic acids is 2. The number of amides is 2. The second-order valence-corrected chi connectivity index (χ2v) is 6.77. The molecule has 0 spiro atoms. The molecule has 1 aromatic carbocycles. The van der Waals surface area contributed by atoms with Crippen molar-refractivity contribution in [2.24, 2.45) is 0 Å². The number of hydrogen-bond donors (Lipinski definition) is 1. The van der Waals surface area contributed by atoms with Gasteiger partial charge in [-0.05, 0) is 25.1 Å². The van der Waals surface area contributed by atoms with Crippen LogP contribution in [0.5, 0.6) is 0 Å². The number of nitrogens with one attached hydrogen (secondary N) is 1. The zero-order chi connectivity index (χ0) is 18.7. The van der Waals surface area contributed by atoms with Crippen molar-refractivity contribution in [1.82, 2.24) is 14.9 Å². The van der Waals surface area contributed by atoms with Gasteiger partial charge >= 0.3 is 0 Å². The Balaban J connectivity index is 1.78. The van der Waals surface area contributed by atoms with Crippen LogP contribution in [0.3, 0.4) is 0 Å². The third-order valence-corrected chi connectivity index (χ3v) is 4.40. The maximum Gasteiger partial charge on any atom is 0.274 e. The molecule has 1 aliphatic heterocycles. The topological polar surface area (TPSA) is 78.4 Å². The van der Waals surface area contributed by atoms with E-state index in [2.05, 4.69) is 15.3 Å². The van der Waals surface area contributed by atoms with Gasteiger partial charge in [0.05, 0.1) is 0 Å². The van der Waals surface area contributed by atoms with Gasteiger partial charge in [0.2, 0.25) is 6.41 Å². The zero-order valence-electron chi connectivity index (χ0n) is 14.1. The normalized spacial score (nSPS) is 14.3. The van der Waals surface area contributed by atoms with Crippen molar-refractivity contribution < 1.29 is 9.59 Å². The van der Waals surface area contributed by atoms with E-state index in [1.165, 1.54) is 0 Å². The average molecular weight is 394 g/mol. The van der Waals surface area contributed by atoms with Crippen molar-refractivity contribution in [3.05, 3.63) is 45.8 Å². The second kappa shape index (κ2) is 7.88. The number of anilines is 2. The highest BCUT2D eigenvalue weighted by Gasteiger charge is 2.19. The van der Waals surface area contributed by atoms with Crippen LogP contribution < -0.4 is 10.2 Å². The molecular formula is C17H17Cl2N5O2. The minimum Gasteiger partial charge on any atom is -0.353 e. The van der Waals surface area contributed by atoms with Crippen LogP contribution in [-0.4, -0.2) is 53.4 Å². The molecule has 1 saturated heterocycles. The summed E-state index contributed by atoms with van der Waals surface area (Å²) < 4.78 is 0. The van der Waals surface area contributed by atoms with Gasteiger partial charge in [0.15, 0.2) is 0 Å². The summed E-state index contributed by atoms with van der Waals surface area (Å²) in [4.78, 5) is 35.8. The summed E-state index contributed by atoms with van der Waals surface area (Å²) >= 11 is 11.9. The molecule has 0 atom stereocenters. The number of rotatable bonds is 4. The molecule has 2 heterocycles. The van der Waals surface area contributed by atoms with Crippen molar-refractivity contribution in [1.29, 1.82) is 0 Å². The van der Waals surface area contributed by atoms with Gasteiger partial charge < -0.3 is 15.1 Å². The van der Waals surface area contributed by atoms with Crippen molar-refractivity contribution >= 4 is 47.0 Å². The molecule has 9 heteroatoms. The molecule has 1 aromatic heterocycles. The molecule has 0 radical (unpaired) electrons. The van der Waals surface area contributed by atoms with Gasteiger partial charge in [-0.1, -0.05) is 23.2 Å². The lowest BCUT2D eigenvalue weighted by Crippen LogP contribution is -2.46. The third-order valence-electron chi connectivity index (χ3n) is 3.96. The Morgan fingerprint density at radius 2 is 1.73 bits per heavy atom. The van der Waals surface area contributed by atoms with E-state index in [9.17, 15) is 9.59 Å². The molecule has 0 bridgehead atoms. The van der Waals surface area contributed by atoms with Crippen molar-refractivity contribution in [3.63, 3.8) is 0 Å². The molecule has 1 aliphatic rings. The van der Waals surface area contributed by atoms with Gasteiger partial charge in [0.1, 0.15) is 17.3 Å². The minimum absolute atomic E-state index is 0.251. The van der Waals surface area contributed by atoms with E-state index >= 15 is 0 Å². The number of benzene rings is 1. The molecule has 0 unspecified atom stereocenters. The van der Waals surface area contributed by atoms with Crippen LogP contribution >= 0.6 is 23.2 Å². The van der Waals surface area contributed by atoms with Crippen molar-refractivity contribution in [2.45, 2.75) is 6.92 Å². The van der Waals surface area contributed by atoms with Crippen LogP contribution in [0, 0.1) is 6.92 Å². The zero-order valence-corrected chi connectivity index (χ0v) is 15.6. The Morgan fingerprint density at radius 1 is 1.08 bits per heavy atom. The van der Waals surface area contributed by atoms with Crippen LogP contribution in [0.15, 0.2) is 24.3 Å². The van der Waals surface area contributed by atoms with E-state index in [-0.39, 0.29) is 11.6 Å². The Bertz CT molecular complexity index is 818. The van der Waals surface area contributed by atoms with E-state index in [0.717, 1.165) is 6.41 Å². The minimum atomic E-state index is -0.374. The molecule has 3 rings (SSSR count). The number of nitrogens with zero attached hydrogens (tertiary/aromatic N) is 4. The SMILES string of the molecule is Cc1nc(C(=O)Nc2cc(Cl)cc(Cl)c2)cc(N2CCN(C=O)CC2)n1. The van der Waals surface area contributed by atoms with E-state index in [1.807, 2.05) is 4.90 Å².